The highest BCUT2D eigenvalue weighted by Gasteiger charge is 2.11. The zero-order chi connectivity index (χ0) is 17.2. The van der Waals surface area contributed by atoms with Crippen molar-refractivity contribution in [3.8, 4) is 0 Å². The second kappa shape index (κ2) is 6.40. The molecule has 0 aliphatic rings. The predicted octanol–water partition coefficient (Wildman–Crippen LogP) is 4.85. The van der Waals surface area contributed by atoms with Crippen LogP contribution in [0.3, 0.4) is 0 Å². The molecule has 0 unspecified atom stereocenters. The molecule has 1 N–H and O–H groups in total. The van der Waals surface area contributed by atoms with Crippen LogP contribution in [0.15, 0.2) is 67.0 Å². The van der Waals surface area contributed by atoms with Crippen LogP contribution in [0.2, 0.25) is 0 Å². The molecule has 2 heterocycles. The maximum absolute atomic E-state index is 12.7. The third-order valence-electron chi connectivity index (χ3n) is 4.38. The highest BCUT2D eigenvalue weighted by molar-refractivity contribution is 6.12. The Hall–Kier alpha value is -3.14. The van der Waals surface area contributed by atoms with Gasteiger partial charge in [0.2, 0.25) is 0 Å². The number of hydrogen-bond acceptors (Lipinski definition) is 2. The Labute approximate surface area is 146 Å². The number of pyridine rings is 1. The molecule has 4 heteroatoms. The smallest absolute Gasteiger partial charge is 0.256 e. The molecule has 0 saturated carbocycles. The summed E-state index contributed by atoms with van der Waals surface area (Å²) in [5, 5.41) is 5.00. The minimum absolute atomic E-state index is 0.119. The van der Waals surface area contributed by atoms with Crippen molar-refractivity contribution in [1.29, 1.82) is 0 Å². The number of carbonyl (C=O) groups is 1. The molecule has 1 amide bonds. The van der Waals surface area contributed by atoms with Gasteiger partial charge in [0, 0.05) is 46.5 Å². The van der Waals surface area contributed by atoms with E-state index < -0.39 is 0 Å². The van der Waals surface area contributed by atoms with Gasteiger partial charge in [0.05, 0.1) is 5.52 Å². The van der Waals surface area contributed by atoms with Crippen LogP contribution in [-0.2, 0) is 6.54 Å². The molecule has 2 aromatic heterocycles. The molecule has 2 aromatic carbocycles. The zero-order valence-corrected chi connectivity index (χ0v) is 14.1. The van der Waals surface area contributed by atoms with Gasteiger partial charge in [0.1, 0.15) is 0 Å². The molecule has 0 aliphatic heterocycles. The van der Waals surface area contributed by atoms with E-state index in [1.54, 1.807) is 6.20 Å². The van der Waals surface area contributed by atoms with Gasteiger partial charge in [-0.1, -0.05) is 19.1 Å². The molecule has 0 saturated heterocycles. The van der Waals surface area contributed by atoms with Crippen molar-refractivity contribution >= 4 is 33.4 Å². The van der Waals surface area contributed by atoms with Gasteiger partial charge < -0.3 is 9.88 Å². The molecule has 0 spiro atoms. The van der Waals surface area contributed by atoms with Crippen LogP contribution in [0.25, 0.3) is 21.8 Å². The number of hydrogen-bond donors (Lipinski definition) is 1. The Morgan fingerprint density at radius 1 is 1.12 bits per heavy atom. The standard InChI is InChI=1S/C21H19N3O/c1-2-12-24-13-10-15-14-16(8-9-20(15)24)23-21(25)18-5-3-7-19-17(18)6-4-11-22-19/h3-11,13-14H,2,12H2,1H3,(H,23,25). The van der Waals surface area contributed by atoms with Crippen molar-refractivity contribution in [2.45, 2.75) is 19.9 Å². The number of aromatic nitrogens is 2. The Morgan fingerprint density at radius 3 is 2.92 bits per heavy atom. The van der Waals surface area contributed by atoms with Gasteiger partial charge in [-0.05, 0) is 48.9 Å². The van der Waals surface area contributed by atoms with Gasteiger partial charge in [-0.2, -0.15) is 0 Å². The van der Waals surface area contributed by atoms with Crippen LogP contribution < -0.4 is 5.32 Å². The average Bonchev–Trinajstić information content (AvgIpc) is 3.04. The molecule has 4 aromatic rings. The first-order chi connectivity index (χ1) is 12.3. The lowest BCUT2D eigenvalue weighted by atomic mass is 10.1. The summed E-state index contributed by atoms with van der Waals surface area (Å²) >= 11 is 0. The maximum Gasteiger partial charge on any atom is 0.256 e. The van der Waals surface area contributed by atoms with E-state index >= 15 is 0 Å². The van der Waals surface area contributed by atoms with Gasteiger partial charge in [-0.15, -0.1) is 0 Å². The fourth-order valence-electron chi connectivity index (χ4n) is 3.21. The minimum atomic E-state index is -0.119. The lowest BCUT2D eigenvalue weighted by Gasteiger charge is -2.09. The van der Waals surface area contributed by atoms with E-state index in [1.165, 1.54) is 5.52 Å². The summed E-state index contributed by atoms with van der Waals surface area (Å²) in [4.78, 5) is 17.0. The fourth-order valence-corrected chi connectivity index (χ4v) is 3.21. The summed E-state index contributed by atoms with van der Waals surface area (Å²) in [7, 11) is 0. The van der Waals surface area contributed by atoms with E-state index in [2.05, 4.69) is 40.1 Å². The van der Waals surface area contributed by atoms with Crippen molar-refractivity contribution in [3.05, 3.63) is 72.6 Å². The van der Waals surface area contributed by atoms with E-state index in [0.717, 1.165) is 34.9 Å². The molecule has 0 bridgehead atoms. The summed E-state index contributed by atoms with van der Waals surface area (Å²) in [6, 6.07) is 17.5. The third kappa shape index (κ3) is 2.87. The molecular weight excluding hydrogens is 310 g/mol. The average molecular weight is 329 g/mol. The molecule has 25 heavy (non-hydrogen) atoms. The SMILES string of the molecule is CCCn1ccc2cc(NC(=O)c3cccc4ncccc34)ccc21. The highest BCUT2D eigenvalue weighted by atomic mass is 16.1. The molecule has 0 aliphatic carbocycles. The zero-order valence-electron chi connectivity index (χ0n) is 14.1. The van der Waals surface area contributed by atoms with Gasteiger partial charge in [-0.3, -0.25) is 9.78 Å². The summed E-state index contributed by atoms with van der Waals surface area (Å²) in [6.45, 7) is 3.16. The molecule has 4 rings (SSSR count). The monoisotopic (exact) mass is 329 g/mol. The summed E-state index contributed by atoms with van der Waals surface area (Å²) in [6.07, 6.45) is 4.92. The summed E-state index contributed by atoms with van der Waals surface area (Å²) in [5.41, 5.74) is 3.44. The topological polar surface area (TPSA) is 46.9 Å². The van der Waals surface area contributed by atoms with Crippen LogP contribution >= 0.6 is 0 Å². The molecular formula is C21H19N3O. The molecule has 0 fully saturated rings. The Balaban J connectivity index is 1.65. The molecule has 0 radical (unpaired) electrons. The number of nitrogens with zero attached hydrogens (tertiary/aromatic N) is 2. The summed E-state index contributed by atoms with van der Waals surface area (Å²) < 4.78 is 2.23. The van der Waals surface area contributed by atoms with Crippen molar-refractivity contribution in [1.82, 2.24) is 9.55 Å². The van der Waals surface area contributed by atoms with Crippen LogP contribution in [0.1, 0.15) is 23.7 Å². The van der Waals surface area contributed by atoms with Crippen molar-refractivity contribution in [3.63, 3.8) is 0 Å². The van der Waals surface area contributed by atoms with Gasteiger partial charge in [-0.25, -0.2) is 0 Å². The third-order valence-corrected chi connectivity index (χ3v) is 4.38. The molecule has 4 nitrogen and oxygen atoms in total. The van der Waals surface area contributed by atoms with E-state index in [1.807, 2.05) is 42.5 Å². The van der Waals surface area contributed by atoms with Gasteiger partial charge >= 0.3 is 0 Å². The quantitative estimate of drug-likeness (QED) is 0.581. The van der Waals surface area contributed by atoms with Crippen LogP contribution in [0.4, 0.5) is 5.69 Å². The Bertz CT molecular complexity index is 1060. The van der Waals surface area contributed by atoms with Crippen molar-refractivity contribution < 1.29 is 4.79 Å². The van der Waals surface area contributed by atoms with Crippen LogP contribution in [0, 0.1) is 0 Å². The minimum Gasteiger partial charge on any atom is -0.347 e. The second-order valence-corrected chi connectivity index (χ2v) is 6.11. The summed E-state index contributed by atoms with van der Waals surface area (Å²) in [5.74, 6) is -0.119. The lowest BCUT2D eigenvalue weighted by Crippen LogP contribution is -2.12. The first-order valence-electron chi connectivity index (χ1n) is 8.50. The van der Waals surface area contributed by atoms with Crippen LogP contribution in [-0.4, -0.2) is 15.5 Å². The fraction of sp³-hybridized carbons (Fsp3) is 0.143. The second-order valence-electron chi connectivity index (χ2n) is 6.11. The number of fused-ring (bicyclic) bond motifs is 2. The maximum atomic E-state index is 12.7. The van der Waals surface area contributed by atoms with Crippen molar-refractivity contribution in [2.24, 2.45) is 0 Å². The number of aryl methyl sites for hydroxylation is 1. The first-order valence-corrected chi connectivity index (χ1v) is 8.50. The normalized spacial score (nSPS) is 11.1. The van der Waals surface area contributed by atoms with Crippen molar-refractivity contribution in [2.75, 3.05) is 5.32 Å². The molecule has 124 valence electrons. The number of nitrogens with one attached hydrogen (secondary N) is 1. The molecule has 0 atom stereocenters. The number of anilines is 1. The van der Waals surface area contributed by atoms with E-state index in [9.17, 15) is 4.79 Å². The van der Waals surface area contributed by atoms with E-state index in [-0.39, 0.29) is 5.91 Å². The van der Waals surface area contributed by atoms with E-state index in [0.29, 0.717) is 5.56 Å². The number of amides is 1. The van der Waals surface area contributed by atoms with Gasteiger partial charge in [0.25, 0.3) is 5.91 Å². The number of benzene rings is 2. The number of rotatable bonds is 4. The number of carbonyl (C=O) groups excluding carboxylic acids is 1. The van der Waals surface area contributed by atoms with Crippen LogP contribution in [0.5, 0.6) is 0 Å². The lowest BCUT2D eigenvalue weighted by molar-refractivity contribution is 0.102. The highest BCUT2D eigenvalue weighted by Crippen LogP contribution is 2.23. The van der Waals surface area contributed by atoms with Gasteiger partial charge in [0.15, 0.2) is 0 Å². The predicted molar refractivity (Wildman–Crippen MR) is 102 cm³/mol. The Kier molecular flexibility index (Phi) is 3.94. The van der Waals surface area contributed by atoms with E-state index in [4.69, 9.17) is 0 Å². The largest absolute Gasteiger partial charge is 0.347 e. The first kappa shape index (κ1) is 15.4. The Morgan fingerprint density at radius 2 is 2.04 bits per heavy atom.